The van der Waals surface area contributed by atoms with E-state index in [9.17, 15) is 4.79 Å². The number of halogens is 2. The van der Waals surface area contributed by atoms with E-state index in [2.05, 4.69) is 50.2 Å². The van der Waals surface area contributed by atoms with Gasteiger partial charge in [-0.2, -0.15) is 0 Å². The van der Waals surface area contributed by atoms with Crippen LogP contribution in [0.5, 0.6) is 0 Å². The summed E-state index contributed by atoms with van der Waals surface area (Å²) in [6.07, 6.45) is 3.48. The third-order valence-corrected chi connectivity index (χ3v) is 6.06. The van der Waals surface area contributed by atoms with Gasteiger partial charge in [-0.15, -0.1) is 0 Å². The van der Waals surface area contributed by atoms with Crippen molar-refractivity contribution in [3.05, 3.63) is 37.3 Å². The van der Waals surface area contributed by atoms with Gasteiger partial charge in [0.2, 0.25) is 0 Å². The second kappa shape index (κ2) is 4.10. The Balaban J connectivity index is 2.28. The number of amides is 1. The van der Waals surface area contributed by atoms with Crippen LogP contribution in [0.25, 0.3) is 6.08 Å². The van der Waals surface area contributed by atoms with E-state index < -0.39 is 0 Å². The first kappa shape index (κ1) is 12.2. The zero-order chi connectivity index (χ0) is 13.0. The summed E-state index contributed by atoms with van der Waals surface area (Å²) in [7, 11) is 0. The van der Waals surface area contributed by atoms with Gasteiger partial charge >= 0.3 is 6.09 Å². The molecule has 94 valence electrons. The topological polar surface area (TPSA) is 38.3 Å². The molecule has 5 heteroatoms. The molecule has 0 unspecified atom stereocenters. The number of benzene rings is 1. The lowest BCUT2D eigenvalue weighted by molar-refractivity contribution is 0.135. The Bertz CT molecular complexity index is 595. The fourth-order valence-electron chi connectivity index (χ4n) is 2.57. The van der Waals surface area contributed by atoms with Crippen molar-refractivity contribution in [2.24, 2.45) is 0 Å². The summed E-state index contributed by atoms with van der Waals surface area (Å²) >= 11 is 7.18. The predicted octanol–water partition coefficient (Wildman–Crippen LogP) is 4.00. The van der Waals surface area contributed by atoms with E-state index in [1.54, 1.807) is 0 Å². The van der Waals surface area contributed by atoms with E-state index >= 15 is 0 Å². The molecule has 2 atom stereocenters. The Morgan fingerprint density at radius 1 is 1.22 bits per heavy atom. The third-order valence-electron chi connectivity index (χ3n) is 3.55. The summed E-state index contributed by atoms with van der Waals surface area (Å²) in [5, 5.41) is 2.80. The lowest BCUT2D eigenvalue weighted by Crippen LogP contribution is -2.28. The number of rotatable bonds is 0. The standard InChI is InChI=1S/C13H11Br2NO2/c1-5-7-3-4-8-12(18-13(17)16-8)9(7)6(2)11(15)10(5)14/h3-4,8,12H,1-2H3,(H,16,17)/t8-,12+/m1/s1. The van der Waals surface area contributed by atoms with Crippen LogP contribution in [0.2, 0.25) is 0 Å². The molecular formula is C13H11Br2NO2. The Morgan fingerprint density at radius 2 is 1.89 bits per heavy atom. The summed E-state index contributed by atoms with van der Waals surface area (Å²) in [6.45, 7) is 4.09. The minimum absolute atomic E-state index is 0.0591. The average molecular weight is 373 g/mol. The monoisotopic (exact) mass is 371 g/mol. The molecule has 0 bridgehead atoms. The van der Waals surface area contributed by atoms with E-state index in [0.717, 1.165) is 31.2 Å². The maximum absolute atomic E-state index is 11.4. The van der Waals surface area contributed by atoms with Gasteiger partial charge < -0.3 is 10.1 Å². The van der Waals surface area contributed by atoms with Crippen LogP contribution in [0, 0.1) is 13.8 Å². The van der Waals surface area contributed by atoms with Gasteiger partial charge in [0.1, 0.15) is 0 Å². The second-order valence-electron chi connectivity index (χ2n) is 4.56. The van der Waals surface area contributed by atoms with Crippen LogP contribution in [-0.4, -0.2) is 12.1 Å². The van der Waals surface area contributed by atoms with Crippen LogP contribution in [0.15, 0.2) is 15.0 Å². The predicted molar refractivity (Wildman–Crippen MR) is 76.5 cm³/mol. The van der Waals surface area contributed by atoms with Crippen molar-refractivity contribution >= 4 is 44.0 Å². The summed E-state index contributed by atoms with van der Waals surface area (Å²) in [5.41, 5.74) is 4.49. The van der Waals surface area contributed by atoms with Crippen molar-refractivity contribution in [3.63, 3.8) is 0 Å². The van der Waals surface area contributed by atoms with Crippen LogP contribution < -0.4 is 5.32 Å². The zero-order valence-electron chi connectivity index (χ0n) is 9.88. The highest BCUT2D eigenvalue weighted by molar-refractivity contribution is 9.13. The van der Waals surface area contributed by atoms with Crippen LogP contribution in [0.1, 0.15) is 28.4 Å². The fraction of sp³-hybridized carbons (Fsp3) is 0.308. The largest absolute Gasteiger partial charge is 0.439 e. The maximum atomic E-state index is 11.4. The number of nitrogens with one attached hydrogen (secondary N) is 1. The molecule has 18 heavy (non-hydrogen) atoms. The van der Waals surface area contributed by atoms with Crippen LogP contribution in [-0.2, 0) is 4.74 Å². The smallest absolute Gasteiger partial charge is 0.408 e. The molecule has 1 N–H and O–H groups in total. The zero-order valence-corrected chi connectivity index (χ0v) is 13.1. The number of ether oxygens (including phenoxy) is 1. The van der Waals surface area contributed by atoms with Gasteiger partial charge in [-0.3, -0.25) is 0 Å². The van der Waals surface area contributed by atoms with E-state index in [1.165, 1.54) is 0 Å². The minimum Gasteiger partial charge on any atom is -0.439 e. The average Bonchev–Trinajstić information content (AvgIpc) is 2.72. The molecule has 1 saturated heterocycles. The molecule has 1 aromatic carbocycles. The third kappa shape index (κ3) is 1.57. The highest BCUT2D eigenvalue weighted by atomic mass is 79.9. The Kier molecular flexibility index (Phi) is 2.79. The van der Waals surface area contributed by atoms with Gasteiger partial charge in [-0.05, 0) is 62.4 Å². The molecule has 0 spiro atoms. The van der Waals surface area contributed by atoms with E-state index in [4.69, 9.17) is 4.74 Å². The van der Waals surface area contributed by atoms with Crippen molar-refractivity contribution in [2.75, 3.05) is 0 Å². The van der Waals surface area contributed by atoms with E-state index in [1.807, 2.05) is 13.0 Å². The van der Waals surface area contributed by atoms with Gasteiger partial charge in [0.15, 0.2) is 6.10 Å². The van der Waals surface area contributed by atoms with E-state index in [0.29, 0.717) is 0 Å². The molecule has 1 aliphatic heterocycles. The first-order chi connectivity index (χ1) is 8.50. The molecule has 0 radical (unpaired) electrons. The normalized spacial score (nSPS) is 24.3. The Hall–Kier alpha value is -0.810. The lowest BCUT2D eigenvalue weighted by Gasteiger charge is -2.26. The summed E-state index contributed by atoms with van der Waals surface area (Å²) in [4.78, 5) is 11.4. The highest BCUT2D eigenvalue weighted by Crippen LogP contribution is 2.43. The van der Waals surface area contributed by atoms with Gasteiger partial charge in [-0.25, -0.2) is 4.79 Å². The number of fused-ring (bicyclic) bond motifs is 3. The number of hydrogen-bond acceptors (Lipinski definition) is 2. The fourth-order valence-corrected chi connectivity index (χ4v) is 3.59. The van der Waals surface area contributed by atoms with Gasteiger partial charge in [0.05, 0.1) is 6.04 Å². The molecule has 1 aliphatic carbocycles. The molecule has 0 saturated carbocycles. The molecule has 0 aromatic heterocycles. The Morgan fingerprint density at radius 3 is 2.61 bits per heavy atom. The van der Waals surface area contributed by atoms with Crippen molar-refractivity contribution < 1.29 is 9.53 Å². The van der Waals surface area contributed by atoms with Crippen LogP contribution in [0.4, 0.5) is 4.79 Å². The first-order valence-electron chi connectivity index (χ1n) is 5.64. The summed E-state index contributed by atoms with van der Waals surface area (Å²) in [5.74, 6) is 0. The molecular weight excluding hydrogens is 362 g/mol. The molecule has 1 aromatic rings. The van der Waals surface area contributed by atoms with Gasteiger partial charge in [0.25, 0.3) is 0 Å². The van der Waals surface area contributed by atoms with Gasteiger partial charge in [0, 0.05) is 14.5 Å². The molecule has 3 rings (SSSR count). The summed E-state index contributed by atoms with van der Waals surface area (Å²) < 4.78 is 7.46. The molecule has 2 aliphatic rings. The highest BCUT2D eigenvalue weighted by Gasteiger charge is 2.39. The number of carbonyl (C=O) groups is 1. The summed E-state index contributed by atoms with van der Waals surface area (Å²) in [6, 6.07) is -0.0591. The minimum atomic E-state index is -0.349. The van der Waals surface area contributed by atoms with Crippen LogP contribution >= 0.6 is 31.9 Å². The second-order valence-corrected chi connectivity index (χ2v) is 6.15. The SMILES string of the molecule is Cc1c(Br)c(Br)c(C)c2c1C=C[C@H]1NC(=O)O[C@H]21. The molecule has 1 heterocycles. The lowest BCUT2D eigenvalue weighted by atomic mass is 9.86. The molecule has 3 nitrogen and oxygen atoms in total. The quantitative estimate of drug-likeness (QED) is 0.747. The first-order valence-corrected chi connectivity index (χ1v) is 7.22. The van der Waals surface area contributed by atoms with Gasteiger partial charge in [-0.1, -0.05) is 12.2 Å². The molecule has 1 fully saturated rings. The number of carbonyl (C=O) groups excluding carboxylic acids is 1. The Labute approximate surface area is 122 Å². The van der Waals surface area contributed by atoms with Crippen LogP contribution in [0.3, 0.4) is 0 Å². The maximum Gasteiger partial charge on any atom is 0.408 e. The van der Waals surface area contributed by atoms with E-state index in [-0.39, 0.29) is 18.2 Å². The number of hydrogen-bond donors (Lipinski definition) is 1. The van der Waals surface area contributed by atoms with Crippen molar-refractivity contribution in [2.45, 2.75) is 26.0 Å². The van der Waals surface area contributed by atoms with Crippen molar-refractivity contribution in [3.8, 4) is 0 Å². The van der Waals surface area contributed by atoms with Crippen molar-refractivity contribution in [1.82, 2.24) is 5.32 Å². The molecule has 1 amide bonds. The van der Waals surface area contributed by atoms with Crippen molar-refractivity contribution in [1.29, 1.82) is 0 Å². The number of alkyl carbamates (subject to hydrolysis) is 1.